The number of hydrogen-bond donors (Lipinski definition) is 1. The molecule has 1 spiro atoms. The molecule has 0 saturated carbocycles. The first kappa shape index (κ1) is 23.8. The molecule has 2 heterocycles. The molecular formula is C26H41N3O2. The van der Waals surface area contributed by atoms with Gasteiger partial charge >= 0.3 is 0 Å². The number of piperazine rings is 1. The fraction of sp³-hybridized carbons (Fsp3) is 0.692. The number of nitrogens with zero attached hydrogens (tertiary/aromatic N) is 2. The minimum Gasteiger partial charge on any atom is -0.342 e. The molecule has 1 N–H and O–H groups in total. The second kappa shape index (κ2) is 10.6. The molecular weight excluding hydrogens is 386 g/mol. The minimum absolute atomic E-state index is 0.0714. The fourth-order valence-corrected chi connectivity index (χ4v) is 5.09. The van der Waals surface area contributed by atoms with Crippen LogP contribution < -0.4 is 5.32 Å². The van der Waals surface area contributed by atoms with Crippen molar-refractivity contribution in [3.8, 4) is 0 Å². The van der Waals surface area contributed by atoms with Crippen molar-refractivity contribution < 1.29 is 9.59 Å². The maximum Gasteiger partial charge on any atom is 0.246 e. The fourth-order valence-electron chi connectivity index (χ4n) is 5.09. The van der Waals surface area contributed by atoms with Gasteiger partial charge in [0.2, 0.25) is 11.8 Å². The van der Waals surface area contributed by atoms with E-state index < -0.39 is 5.54 Å². The number of likely N-dealkylation sites (tertiary alicyclic amines) is 1. The van der Waals surface area contributed by atoms with Crippen LogP contribution in [0.3, 0.4) is 0 Å². The first-order chi connectivity index (χ1) is 14.8. The molecule has 31 heavy (non-hydrogen) atoms. The molecule has 2 saturated heterocycles. The van der Waals surface area contributed by atoms with Crippen LogP contribution in [-0.2, 0) is 16.0 Å². The van der Waals surface area contributed by atoms with Gasteiger partial charge in [0.25, 0.3) is 0 Å². The average Bonchev–Trinajstić information content (AvgIpc) is 2.74. The zero-order valence-corrected chi connectivity index (χ0v) is 19.9. The highest BCUT2D eigenvalue weighted by atomic mass is 16.2. The van der Waals surface area contributed by atoms with Crippen molar-refractivity contribution in [2.24, 2.45) is 11.8 Å². The Balaban J connectivity index is 1.57. The highest BCUT2D eigenvalue weighted by Gasteiger charge is 2.53. The second-order valence-electron chi connectivity index (χ2n) is 10.3. The van der Waals surface area contributed by atoms with E-state index in [9.17, 15) is 9.59 Å². The third-order valence-corrected chi connectivity index (χ3v) is 6.78. The number of piperidine rings is 1. The maximum absolute atomic E-state index is 13.3. The van der Waals surface area contributed by atoms with Gasteiger partial charge in [-0.3, -0.25) is 9.59 Å². The zero-order valence-electron chi connectivity index (χ0n) is 19.9. The monoisotopic (exact) mass is 427 g/mol. The lowest BCUT2D eigenvalue weighted by molar-refractivity contribution is -0.162. The number of aryl methyl sites for hydroxylation is 1. The zero-order chi connectivity index (χ0) is 22.4. The van der Waals surface area contributed by atoms with E-state index in [-0.39, 0.29) is 17.9 Å². The third-order valence-electron chi connectivity index (χ3n) is 6.78. The van der Waals surface area contributed by atoms with Gasteiger partial charge in [-0.1, -0.05) is 58.0 Å². The van der Waals surface area contributed by atoms with Crippen molar-refractivity contribution >= 4 is 11.8 Å². The Morgan fingerprint density at radius 3 is 2.29 bits per heavy atom. The summed E-state index contributed by atoms with van der Waals surface area (Å²) in [7, 11) is 0. The van der Waals surface area contributed by atoms with Crippen molar-refractivity contribution in [2.45, 2.75) is 77.8 Å². The van der Waals surface area contributed by atoms with E-state index in [0.29, 0.717) is 24.8 Å². The van der Waals surface area contributed by atoms with E-state index in [0.717, 1.165) is 38.9 Å². The van der Waals surface area contributed by atoms with Crippen LogP contribution in [0.5, 0.6) is 0 Å². The summed E-state index contributed by atoms with van der Waals surface area (Å²) < 4.78 is 0. The Bertz CT molecular complexity index is 723. The van der Waals surface area contributed by atoms with E-state index in [2.05, 4.69) is 68.2 Å². The molecule has 1 aromatic carbocycles. The average molecular weight is 428 g/mol. The van der Waals surface area contributed by atoms with Gasteiger partial charge in [0.05, 0.1) is 0 Å². The van der Waals surface area contributed by atoms with E-state index in [1.54, 1.807) is 0 Å². The van der Waals surface area contributed by atoms with E-state index in [1.165, 1.54) is 18.4 Å². The van der Waals surface area contributed by atoms with Crippen LogP contribution in [0, 0.1) is 11.8 Å². The molecule has 0 radical (unpaired) electrons. The number of nitrogens with one attached hydrogen (secondary N) is 1. The van der Waals surface area contributed by atoms with E-state index in [4.69, 9.17) is 0 Å². The van der Waals surface area contributed by atoms with Crippen molar-refractivity contribution in [3.63, 3.8) is 0 Å². The van der Waals surface area contributed by atoms with Crippen LogP contribution >= 0.6 is 0 Å². The topological polar surface area (TPSA) is 52.7 Å². The number of unbranched alkanes of at least 4 members (excludes halogenated alkanes) is 1. The van der Waals surface area contributed by atoms with Gasteiger partial charge in [0.15, 0.2) is 0 Å². The number of rotatable bonds is 9. The quantitative estimate of drug-likeness (QED) is 0.609. The highest BCUT2D eigenvalue weighted by molar-refractivity contribution is 6.00. The first-order valence-electron chi connectivity index (χ1n) is 12.2. The van der Waals surface area contributed by atoms with E-state index in [1.807, 2.05) is 4.90 Å². The number of carbonyl (C=O) groups excluding carboxylic acids is 2. The van der Waals surface area contributed by atoms with Crippen LogP contribution in [0.25, 0.3) is 0 Å². The van der Waals surface area contributed by atoms with Crippen molar-refractivity contribution in [1.82, 2.24) is 15.1 Å². The summed E-state index contributed by atoms with van der Waals surface area (Å²) in [6.45, 7) is 12.0. The summed E-state index contributed by atoms with van der Waals surface area (Å²) in [5.41, 5.74) is 0.743. The van der Waals surface area contributed by atoms with Gasteiger partial charge in [-0.05, 0) is 62.5 Å². The largest absolute Gasteiger partial charge is 0.342 e. The summed E-state index contributed by atoms with van der Waals surface area (Å²) in [6, 6.07) is 10.3. The molecule has 172 valence electrons. The van der Waals surface area contributed by atoms with Crippen molar-refractivity contribution in [3.05, 3.63) is 35.9 Å². The number of amides is 2. The maximum atomic E-state index is 13.3. The molecule has 1 aromatic rings. The number of carbonyl (C=O) groups is 2. The summed E-state index contributed by atoms with van der Waals surface area (Å²) in [4.78, 5) is 31.1. The van der Waals surface area contributed by atoms with Crippen molar-refractivity contribution in [1.29, 1.82) is 0 Å². The van der Waals surface area contributed by atoms with Gasteiger partial charge in [0, 0.05) is 19.6 Å². The van der Waals surface area contributed by atoms with E-state index >= 15 is 0 Å². The molecule has 5 heteroatoms. The van der Waals surface area contributed by atoms with Crippen LogP contribution in [0.1, 0.15) is 65.4 Å². The molecule has 2 aliphatic heterocycles. The molecule has 0 bridgehead atoms. The number of hydrogen-bond acceptors (Lipinski definition) is 3. The lowest BCUT2D eigenvalue weighted by atomic mass is 9.80. The Morgan fingerprint density at radius 2 is 1.68 bits per heavy atom. The summed E-state index contributed by atoms with van der Waals surface area (Å²) in [5, 5.41) is 3.10. The molecule has 1 atom stereocenters. The van der Waals surface area contributed by atoms with Gasteiger partial charge in [-0.25, -0.2) is 0 Å². The van der Waals surface area contributed by atoms with Crippen LogP contribution in [-0.4, -0.2) is 59.4 Å². The molecule has 5 nitrogen and oxygen atoms in total. The first-order valence-corrected chi connectivity index (χ1v) is 12.2. The Kier molecular flexibility index (Phi) is 8.15. The Labute approximate surface area is 188 Å². The SMILES string of the molecule is CC(C)C[C@@H]1NC(=O)C2(CCN(CCCCc3ccccc3)CC2)N(CC(C)C)C1=O. The van der Waals surface area contributed by atoms with Gasteiger partial charge in [0.1, 0.15) is 11.6 Å². The van der Waals surface area contributed by atoms with Gasteiger partial charge in [-0.2, -0.15) is 0 Å². The Morgan fingerprint density at radius 1 is 1.00 bits per heavy atom. The predicted molar refractivity (Wildman–Crippen MR) is 126 cm³/mol. The predicted octanol–water partition coefficient (Wildman–Crippen LogP) is 3.87. The van der Waals surface area contributed by atoms with Gasteiger partial charge < -0.3 is 15.1 Å². The normalized spacial score (nSPS) is 21.9. The summed E-state index contributed by atoms with van der Waals surface area (Å²) in [5.74, 6) is 0.921. The van der Waals surface area contributed by atoms with Crippen LogP contribution in [0.15, 0.2) is 30.3 Å². The second-order valence-corrected chi connectivity index (χ2v) is 10.3. The molecule has 0 aliphatic carbocycles. The standard InChI is InChI=1S/C26H41N3O2/c1-20(2)18-23-24(30)29(19-21(3)4)26(25(31)27-23)13-16-28(17-14-26)15-9-8-12-22-10-6-5-7-11-22/h5-7,10-11,20-21,23H,8-9,12-19H2,1-4H3,(H,27,31)/t23-/m0/s1. The van der Waals surface area contributed by atoms with Crippen LogP contribution in [0.2, 0.25) is 0 Å². The van der Waals surface area contributed by atoms with Gasteiger partial charge in [-0.15, -0.1) is 0 Å². The van der Waals surface area contributed by atoms with Crippen molar-refractivity contribution in [2.75, 3.05) is 26.2 Å². The smallest absolute Gasteiger partial charge is 0.246 e. The minimum atomic E-state index is -0.657. The van der Waals surface area contributed by atoms with Crippen LogP contribution in [0.4, 0.5) is 0 Å². The molecule has 0 aromatic heterocycles. The lowest BCUT2D eigenvalue weighted by Crippen LogP contribution is -2.73. The Hall–Kier alpha value is -1.88. The molecule has 2 aliphatic rings. The number of benzene rings is 1. The molecule has 2 amide bonds. The summed E-state index contributed by atoms with van der Waals surface area (Å²) in [6.07, 6.45) is 5.66. The highest BCUT2D eigenvalue weighted by Crippen LogP contribution is 2.34. The molecule has 3 rings (SSSR count). The summed E-state index contributed by atoms with van der Waals surface area (Å²) >= 11 is 0. The molecule has 2 fully saturated rings. The third kappa shape index (κ3) is 5.88. The molecule has 0 unspecified atom stereocenters. The lowest BCUT2D eigenvalue weighted by Gasteiger charge is -2.52.